The van der Waals surface area contributed by atoms with E-state index < -0.39 is 25.0 Å². The summed E-state index contributed by atoms with van der Waals surface area (Å²) in [5.41, 5.74) is 0.608. The Morgan fingerprint density at radius 2 is 1.56 bits per heavy atom. The molecule has 8 atom stereocenters. The minimum absolute atomic E-state index is 0.0733. The van der Waals surface area contributed by atoms with Crippen LogP contribution in [-0.2, 0) is 27.5 Å². The number of carbonyl (C=O) groups excluding carboxylic acids is 2. The van der Waals surface area contributed by atoms with E-state index in [0.29, 0.717) is 18.7 Å². The zero-order chi connectivity index (χ0) is 30.9. The molecule has 0 radical (unpaired) electrons. The SMILES string of the molecule is Cc1cc(C(=O)CC(=O)C[C@H]2CO[C@@H](C[C@@H]3O[C@H]3[C@H](C)[C@H](C)O[Si](C)(C)C)[C@@H](O[Si](C)(C)C)[C@@H]2O[Si](C)(C)C)on1. The predicted octanol–water partition coefficient (Wildman–Crippen LogP) is 6.00. The summed E-state index contributed by atoms with van der Waals surface area (Å²) in [6, 6.07) is 1.56. The van der Waals surface area contributed by atoms with E-state index in [9.17, 15) is 9.59 Å². The lowest BCUT2D eigenvalue weighted by Gasteiger charge is -2.47. The van der Waals surface area contributed by atoms with Crippen molar-refractivity contribution in [1.82, 2.24) is 5.16 Å². The molecule has 2 aliphatic heterocycles. The normalized spacial score (nSPS) is 28.8. The van der Waals surface area contributed by atoms with Crippen molar-refractivity contribution in [3.05, 3.63) is 17.5 Å². The average Bonchev–Trinajstić information content (AvgIpc) is 3.42. The van der Waals surface area contributed by atoms with Crippen molar-refractivity contribution in [2.24, 2.45) is 11.8 Å². The van der Waals surface area contributed by atoms with Crippen LogP contribution >= 0.6 is 0 Å². The quantitative estimate of drug-likeness (QED) is 0.100. The number of nitrogens with zero attached hydrogens (tertiary/aromatic N) is 1. The second-order valence-electron chi connectivity index (χ2n) is 14.9. The van der Waals surface area contributed by atoms with E-state index in [-0.39, 0.29) is 78.6 Å². The van der Waals surface area contributed by atoms with Gasteiger partial charge in [0.1, 0.15) is 5.78 Å². The number of aryl methyl sites for hydroxylation is 1. The average molecular weight is 628 g/mol. The molecule has 0 N–H and O–H groups in total. The highest BCUT2D eigenvalue weighted by molar-refractivity contribution is 6.70. The highest BCUT2D eigenvalue weighted by Crippen LogP contribution is 2.40. The minimum atomic E-state index is -2.03. The van der Waals surface area contributed by atoms with Gasteiger partial charge in [-0.25, -0.2) is 0 Å². The van der Waals surface area contributed by atoms with E-state index in [2.05, 4.69) is 77.9 Å². The van der Waals surface area contributed by atoms with Crippen molar-refractivity contribution >= 4 is 36.5 Å². The van der Waals surface area contributed by atoms with Crippen LogP contribution in [0.1, 0.15) is 49.4 Å². The van der Waals surface area contributed by atoms with Gasteiger partial charge in [-0.15, -0.1) is 0 Å². The zero-order valence-corrected chi connectivity index (χ0v) is 30.2. The number of carbonyl (C=O) groups is 2. The molecule has 0 saturated carbocycles. The number of aromatic nitrogens is 1. The van der Waals surface area contributed by atoms with E-state index in [0.717, 1.165) is 0 Å². The highest BCUT2D eigenvalue weighted by atomic mass is 28.4. The van der Waals surface area contributed by atoms with Crippen molar-refractivity contribution in [3.63, 3.8) is 0 Å². The zero-order valence-electron chi connectivity index (χ0n) is 27.2. The molecule has 3 heterocycles. The summed E-state index contributed by atoms with van der Waals surface area (Å²) in [5, 5.41) is 3.76. The van der Waals surface area contributed by atoms with Crippen molar-refractivity contribution in [3.8, 4) is 0 Å². The van der Waals surface area contributed by atoms with Gasteiger partial charge >= 0.3 is 0 Å². The fourth-order valence-corrected chi connectivity index (χ4v) is 9.09. The van der Waals surface area contributed by atoms with Gasteiger partial charge in [-0.05, 0) is 72.8 Å². The summed E-state index contributed by atoms with van der Waals surface area (Å²) in [4.78, 5) is 25.7. The number of hydrogen-bond acceptors (Lipinski definition) is 9. The first-order valence-electron chi connectivity index (χ1n) is 15.0. The van der Waals surface area contributed by atoms with Crippen LogP contribution in [0.25, 0.3) is 0 Å². The van der Waals surface area contributed by atoms with Crippen LogP contribution < -0.4 is 0 Å². The lowest BCUT2D eigenvalue weighted by molar-refractivity contribution is -0.158. The summed E-state index contributed by atoms with van der Waals surface area (Å²) in [7, 11) is -5.69. The van der Waals surface area contributed by atoms with Crippen molar-refractivity contribution in [2.45, 2.75) is 136 Å². The molecule has 0 aliphatic carbocycles. The molecule has 9 nitrogen and oxygen atoms in total. The smallest absolute Gasteiger partial charge is 0.208 e. The van der Waals surface area contributed by atoms with E-state index in [1.54, 1.807) is 13.0 Å². The van der Waals surface area contributed by atoms with Crippen molar-refractivity contribution in [2.75, 3.05) is 6.61 Å². The van der Waals surface area contributed by atoms with Gasteiger partial charge < -0.3 is 27.3 Å². The summed E-state index contributed by atoms with van der Waals surface area (Å²) in [6.07, 6.45) is 0.148. The third kappa shape index (κ3) is 10.9. The van der Waals surface area contributed by atoms with Gasteiger partial charge in [0.2, 0.25) is 11.5 Å². The maximum absolute atomic E-state index is 13.1. The monoisotopic (exact) mass is 627 g/mol. The molecule has 0 bridgehead atoms. The molecule has 1 aromatic heterocycles. The van der Waals surface area contributed by atoms with Gasteiger partial charge in [0, 0.05) is 36.8 Å². The Morgan fingerprint density at radius 3 is 2.10 bits per heavy atom. The Morgan fingerprint density at radius 1 is 0.951 bits per heavy atom. The molecule has 0 spiro atoms. The third-order valence-corrected chi connectivity index (χ3v) is 10.3. The molecule has 2 aliphatic rings. The topological polar surface area (TPSA) is 110 Å². The maximum Gasteiger partial charge on any atom is 0.208 e. The Hall–Kier alpha value is -0.999. The number of ketones is 2. The van der Waals surface area contributed by atoms with E-state index in [4.69, 9.17) is 27.3 Å². The number of ether oxygens (including phenoxy) is 2. The molecule has 0 amide bonds. The molecule has 2 saturated heterocycles. The Kier molecular flexibility index (Phi) is 11.2. The predicted molar refractivity (Wildman–Crippen MR) is 166 cm³/mol. The number of epoxide rings is 1. The molecule has 3 rings (SSSR count). The van der Waals surface area contributed by atoms with Crippen LogP contribution in [0.5, 0.6) is 0 Å². The molecule has 1 aromatic rings. The molecular weight excluding hydrogens is 575 g/mol. The first kappa shape index (κ1) is 34.5. The minimum Gasteiger partial charge on any atom is -0.415 e. The van der Waals surface area contributed by atoms with Crippen LogP contribution in [-0.4, -0.2) is 84.9 Å². The Labute approximate surface area is 249 Å². The molecule has 0 aromatic carbocycles. The van der Waals surface area contributed by atoms with Gasteiger partial charge in [0.15, 0.2) is 25.0 Å². The summed E-state index contributed by atoms with van der Waals surface area (Å²) >= 11 is 0. The standard InChI is InChI=1S/C29H53NO8Si3/c1-18-13-24(35-30-18)23(32)15-22(31)14-21-17-33-25(29(38-41(10,11)12)28(21)37-40(7,8)9)16-26-27(34-26)19(2)20(3)36-39(4,5)6/h13,19-21,25-29H,14-17H2,1-12H3/t19-,20+,21+,25+,26+,27+,28-,29-/m1/s1. The highest BCUT2D eigenvalue weighted by Gasteiger charge is 2.52. The van der Waals surface area contributed by atoms with Crippen molar-refractivity contribution < 1.29 is 36.9 Å². The van der Waals surface area contributed by atoms with Crippen molar-refractivity contribution in [1.29, 1.82) is 0 Å². The lowest BCUT2D eigenvalue weighted by atomic mass is 9.85. The summed E-state index contributed by atoms with van der Waals surface area (Å²) in [5.74, 6) is -0.347. The Balaban J connectivity index is 1.73. The second-order valence-corrected chi connectivity index (χ2v) is 28.2. The van der Waals surface area contributed by atoms with Gasteiger partial charge in [0.25, 0.3) is 0 Å². The summed E-state index contributed by atoms with van der Waals surface area (Å²) in [6.45, 7) is 26.0. The molecular formula is C29H53NO8Si3. The first-order valence-corrected chi connectivity index (χ1v) is 25.2. The maximum atomic E-state index is 13.1. The molecule has 41 heavy (non-hydrogen) atoms. The fraction of sp³-hybridized carbons (Fsp3) is 0.828. The van der Waals surface area contributed by atoms with E-state index in [1.807, 2.05) is 0 Å². The molecule has 2 fully saturated rings. The van der Waals surface area contributed by atoms with E-state index in [1.165, 1.54) is 0 Å². The second kappa shape index (κ2) is 13.3. The summed E-state index contributed by atoms with van der Waals surface area (Å²) < 4.78 is 37.6. The number of rotatable bonds is 15. The van der Waals surface area contributed by atoms with Crippen LogP contribution in [0.3, 0.4) is 0 Å². The largest absolute Gasteiger partial charge is 0.415 e. The van der Waals surface area contributed by atoms with Crippen LogP contribution in [0, 0.1) is 18.8 Å². The van der Waals surface area contributed by atoms with Crippen LogP contribution in [0.15, 0.2) is 10.6 Å². The van der Waals surface area contributed by atoms with Gasteiger partial charge in [-0.1, -0.05) is 12.1 Å². The number of Topliss-reactive ketones (excluding diaryl/α,β-unsaturated/α-hetero) is 2. The lowest BCUT2D eigenvalue weighted by Crippen LogP contribution is -2.58. The third-order valence-electron chi connectivity index (χ3n) is 7.29. The van der Waals surface area contributed by atoms with Gasteiger partial charge in [0.05, 0.1) is 49.2 Å². The molecule has 234 valence electrons. The first-order chi connectivity index (χ1) is 18.7. The Bertz CT molecular complexity index is 1040. The fourth-order valence-electron chi connectivity index (χ4n) is 5.51. The number of hydrogen-bond donors (Lipinski definition) is 0. The molecule has 0 unspecified atom stereocenters. The molecule has 12 heteroatoms. The van der Waals surface area contributed by atoms with Crippen LogP contribution in [0.4, 0.5) is 0 Å². The van der Waals surface area contributed by atoms with E-state index >= 15 is 0 Å². The van der Waals surface area contributed by atoms with Crippen LogP contribution in [0.2, 0.25) is 58.9 Å². The van der Waals surface area contributed by atoms with Gasteiger partial charge in [-0.3, -0.25) is 9.59 Å². The van der Waals surface area contributed by atoms with Gasteiger partial charge in [-0.2, -0.15) is 0 Å².